The van der Waals surface area contributed by atoms with Crippen molar-refractivity contribution in [3.8, 4) is 23.0 Å². The number of benzene rings is 3. The number of aliphatic hydroxyl groups excluding tert-OH is 1. The predicted molar refractivity (Wildman–Crippen MR) is 159 cm³/mol. The highest BCUT2D eigenvalue weighted by Crippen LogP contribution is 2.37. The highest BCUT2D eigenvalue weighted by Gasteiger charge is 2.32. The van der Waals surface area contributed by atoms with Crippen molar-refractivity contribution in [3.05, 3.63) is 82.4 Å². The first-order valence-corrected chi connectivity index (χ1v) is 14.5. The lowest BCUT2D eigenvalue weighted by Gasteiger charge is -2.33. The lowest BCUT2D eigenvalue weighted by molar-refractivity contribution is -0.156. The largest absolute Gasteiger partial charge is 0.504 e. The third kappa shape index (κ3) is 8.64. The minimum absolute atomic E-state index is 0.0261. The van der Waals surface area contributed by atoms with Crippen molar-refractivity contribution < 1.29 is 43.9 Å². The van der Waals surface area contributed by atoms with E-state index in [1.165, 1.54) is 21.1 Å². The Labute approximate surface area is 252 Å². The Bertz CT molecular complexity index is 1420. The second-order valence-corrected chi connectivity index (χ2v) is 11.0. The van der Waals surface area contributed by atoms with E-state index in [0.717, 1.165) is 28.7 Å². The monoisotopic (exact) mass is 592 g/mol. The Morgan fingerprint density at radius 1 is 0.884 bits per heavy atom. The smallest absolute Gasteiger partial charge is 0.310 e. The molecule has 0 bridgehead atoms. The Kier molecular flexibility index (Phi) is 10.9. The molecule has 0 fully saturated rings. The van der Waals surface area contributed by atoms with Gasteiger partial charge in [0.1, 0.15) is 12.2 Å². The molecule has 0 radical (unpaired) electrons. The number of methoxy groups -OCH3 is 2. The molecule has 3 atom stereocenters. The second-order valence-electron chi connectivity index (χ2n) is 11.0. The van der Waals surface area contributed by atoms with Crippen LogP contribution in [0.5, 0.6) is 23.0 Å². The number of phenols is 2. The van der Waals surface area contributed by atoms with E-state index < -0.39 is 24.1 Å². The Morgan fingerprint density at radius 3 is 2.35 bits per heavy atom. The van der Waals surface area contributed by atoms with Crippen LogP contribution in [0.2, 0.25) is 0 Å². The maximum atomic E-state index is 13.1. The molecule has 0 aromatic heterocycles. The van der Waals surface area contributed by atoms with Gasteiger partial charge in [0.2, 0.25) is 0 Å². The molecule has 0 unspecified atom stereocenters. The zero-order valence-corrected chi connectivity index (χ0v) is 24.9. The number of aliphatic hydroxyl groups is 1. The molecule has 3 N–H and O–H groups in total. The summed E-state index contributed by atoms with van der Waals surface area (Å²) < 4.78 is 22.4. The van der Waals surface area contributed by atoms with Gasteiger partial charge in [0.15, 0.2) is 23.0 Å². The fourth-order valence-electron chi connectivity index (χ4n) is 5.75. The maximum Gasteiger partial charge on any atom is 0.310 e. The molecule has 1 aliphatic rings. The number of hydrogen-bond donors (Lipinski definition) is 3. The van der Waals surface area contributed by atoms with Crippen LogP contribution in [-0.4, -0.2) is 53.7 Å². The zero-order chi connectivity index (χ0) is 30.9. The average Bonchev–Trinajstić information content (AvgIpc) is 2.99. The predicted octanol–water partition coefficient (Wildman–Crippen LogP) is 4.82. The third-order valence-corrected chi connectivity index (χ3v) is 7.93. The van der Waals surface area contributed by atoms with Gasteiger partial charge in [-0.25, -0.2) is 0 Å². The molecule has 9 nitrogen and oxygen atoms in total. The van der Waals surface area contributed by atoms with Gasteiger partial charge in [-0.1, -0.05) is 30.3 Å². The van der Waals surface area contributed by atoms with E-state index in [9.17, 15) is 24.9 Å². The summed E-state index contributed by atoms with van der Waals surface area (Å²) in [5, 5.41) is 29.7. The first kappa shape index (κ1) is 31.7. The van der Waals surface area contributed by atoms with Gasteiger partial charge in [-0.05, 0) is 84.2 Å². The summed E-state index contributed by atoms with van der Waals surface area (Å²) in [6.45, 7) is 1.25. The quantitative estimate of drug-likeness (QED) is 0.239. The van der Waals surface area contributed by atoms with Crippen LogP contribution in [0, 0.1) is 5.92 Å². The van der Waals surface area contributed by atoms with E-state index in [4.69, 9.17) is 18.9 Å². The number of hydrogen-bond acceptors (Lipinski definition) is 9. The number of ether oxygens (including phenoxy) is 4. The fraction of sp³-hybridized carbons (Fsp3) is 0.412. The summed E-state index contributed by atoms with van der Waals surface area (Å²) in [7, 11) is 2.99. The molecule has 3 aromatic rings. The average molecular weight is 593 g/mol. The standard InChI is InChI=1S/C34H40O9/c1-21(36)42-31(26-10-9-25-17-30(38)33(41-3)18-27(25)16-26)19-28(11-7-22-8-12-29(37)32(14-22)40-2)43-34(39)15-23-5-4-6-24(13-23)20-35/h4-6,8,12-14,17-18,26,28,31,35,37-38H,7,9-11,15-16,19-20H2,1-3H3/t26-,28+,31-/m1/s1. The Hall–Kier alpha value is -4.24. The van der Waals surface area contributed by atoms with Crippen molar-refractivity contribution in [2.75, 3.05) is 14.2 Å². The molecular formula is C34H40O9. The molecule has 230 valence electrons. The molecule has 0 saturated heterocycles. The number of carbonyl (C=O) groups excluding carboxylic acids is 2. The van der Waals surface area contributed by atoms with E-state index in [-0.39, 0.29) is 30.4 Å². The van der Waals surface area contributed by atoms with Crippen LogP contribution in [0.4, 0.5) is 0 Å². The molecule has 4 rings (SSSR count). The van der Waals surface area contributed by atoms with E-state index >= 15 is 0 Å². The highest BCUT2D eigenvalue weighted by atomic mass is 16.6. The summed E-state index contributed by atoms with van der Waals surface area (Å²) in [4.78, 5) is 25.4. The number of fused-ring (bicyclic) bond motifs is 1. The number of phenolic OH excluding ortho intramolecular Hbond substituents is 2. The molecule has 0 spiro atoms. The summed E-state index contributed by atoms with van der Waals surface area (Å²) in [5.41, 5.74) is 4.40. The lowest BCUT2D eigenvalue weighted by Crippen LogP contribution is -2.35. The fourth-order valence-corrected chi connectivity index (χ4v) is 5.75. The molecule has 3 aromatic carbocycles. The first-order chi connectivity index (χ1) is 20.7. The van der Waals surface area contributed by atoms with Gasteiger partial charge in [-0.2, -0.15) is 0 Å². The lowest BCUT2D eigenvalue weighted by atomic mass is 9.79. The van der Waals surface area contributed by atoms with E-state index in [2.05, 4.69) is 0 Å². The molecule has 9 heteroatoms. The molecule has 0 saturated carbocycles. The summed E-state index contributed by atoms with van der Waals surface area (Å²) >= 11 is 0. The number of esters is 2. The summed E-state index contributed by atoms with van der Waals surface area (Å²) in [5.74, 6) is 0.0319. The van der Waals surface area contributed by atoms with Crippen LogP contribution in [0.25, 0.3) is 0 Å². The zero-order valence-electron chi connectivity index (χ0n) is 24.9. The summed E-state index contributed by atoms with van der Waals surface area (Å²) in [6.07, 6.45) is 2.33. The van der Waals surface area contributed by atoms with Crippen molar-refractivity contribution in [1.82, 2.24) is 0 Å². The van der Waals surface area contributed by atoms with E-state index in [0.29, 0.717) is 49.2 Å². The van der Waals surface area contributed by atoms with Crippen molar-refractivity contribution in [2.45, 2.75) is 70.7 Å². The number of aryl methyl sites for hydroxylation is 2. The van der Waals surface area contributed by atoms with Gasteiger partial charge in [-0.3, -0.25) is 9.59 Å². The summed E-state index contributed by atoms with van der Waals surface area (Å²) in [6, 6.07) is 15.8. The highest BCUT2D eigenvalue weighted by molar-refractivity contribution is 5.72. The van der Waals surface area contributed by atoms with Gasteiger partial charge in [0, 0.05) is 19.3 Å². The van der Waals surface area contributed by atoms with Crippen LogP contribution in [-0.2, 0) is 51.4 Å². The SMILES string of the molecule is COc1cc(CC[C@@H](C[C@@H](OC(C)=O)[C@@H]2CCc3cc(O)c(OC)cc3C2)OC(=O)Cc2cccc(CO)c2)ccc1O. The Morgan fingerprint density at radius 2 is 1.63 bits per heavy atom. The minimum Gasteiger partial charge on any atom is -0.504 e. The van der Waals surface area contributed by atoms with Crippen LogP contribution in [0.3, 0.4) is 0 Å². The topological polar surface area (TPSA) is 132 Å². The molecule has 1 aliphatic carbocycles. The maximum absolute atomic E-state index is 13.1. The Balaban J connectivity index is 1.54. The van der Waals surface area contributed by atoms with Crippen molar-refractivity contribution in [2.24, 2.45) is 5.92 Å². The normalized spacial score (nSPS) is 15.6. The van der Waals surface area contributed by atoms with Crippen LogP contribution >= 0.6 is 0 Å². The van der Waals surface area contributed by atoms with Crippen LogP contribution in [0.1, 0.15) is 54.0 Å². The van der Waals surface area contributed by atoms with E-state index in [1.54, 1.807) is 42.5 Å². The molecule has 0 aliphatic heterocycles. The molecular weight excluding hydrogens is 552 g/mol. The molecule has 0 heterocycles. The van der Waals surface area contributed by atoms with Crippen molar-refractivity contribution in [1.29, 1.82) is 0 Å². The van der Waals surface area contributed by atoms with Crippen LogP contribution < -0.4 is 9.47 Å². The molecule has 0 amide bonds. The van der Waals surface area contributed by atoms with Gasteiger partial charge in [0.25, 0.3) is 0 Å². The number of aromatic hydroxyl groups is 2. The van der Waals surface area contributed by atoms with Gasteiger partial charge < -0.3 is 34.3 Å². The minimum atomic E-state index is -0.562. The van der Waals surface area contributed by atoms with E-state index in [1.807, 2.05) is 12.1 Å². The second kappa shape index (κ2) is 14.8. The number of carbonyl (C=O) groups is 2. The first-order valence-electron chi connectivity index (χ1n) is 14.5. The van der Waals surface area contributed by atoms with Crippen molar-refractivity contribution >= 4 is 11.9 Å². The van der Waals surface area contributed by atoms with Gasteiger partial charge in [0.05, 0.1) is 27.2 Å². The van der Waals surface area contributed by atoms with Gasteiger partial charge >= 0.3 is 11.9 Å². The van der Waals surface area contributed by atoms with Crippen molar-refractivity contribution in [3.63, 3.8) is 0 Å². The molecule has 43 heavy (non-hydrogen) atoms. The van der Waals surface area contributed by atoms with Crippen LogP contribution in [0.15, 0.2) is 54.6 Å². The number of rotatable bonds is 13. The third-order valence-electron chi connectivity index (χ3n) is 7.93. The van der Waals surface area contributed by atoms with Gasteiger partial charge in [-0.15, -0.1) is 0 Å².